The van der Waals surface area contributed by atoms with Crippen LogP contribution in [0.3, 0.4) is 0 Å². The molecule has 8 heteroatoms. The highest BCUT2D eigenvalue weighted by Gasteiger charge is 2.26. The first-order chi connectivity index (χ1) is 14.5. The van der Waals surface area contributed by atoms with Crippen molar-refractivity contribution in [2.75, 3.05) is 0 Å². The van der Waals surface area contributed by atoms with Crippen LogP contribution in [0.15, 0.2) is 64.4 Å². The molecule has 0 saturated heterocycles. The first-order valence-electron chi connectivity index (χ1n) is 9.72. The van der Waals surface area contributed by atoms with Crippen molar-refractivity contribution < 1.29 is 8.78 Å². The van der Waals surface area contributed by atoms with E-state index in [2.05, 4.69) is 4.98 Å². The third-order valence-electron chi connectivity index (χ3n) is 5.36. The van der Waals surface area contributed by atoms with E-state index in [0.717, 1.165) is 12.8 Å². The van der Waals surface area contributed by atoms with Gasteiger partial charge in [-0.3, -0.25) is 9.36 Å². The van der Waals surface area contributed by atoms with Gasteiger partial charge in [0.2, 0.25) is 0 Å². The molecule has 0 spiro atoms. The third-order valence-corrected chi connectivity index (χ3v) is 5.36. The molecule has 0 bridgehead atoms. The predicted octanol–water partition coefficient (Wildman–Crippen LogP) is 3.09. The predicted molar refractivity (Wildman–Crippen MR) is 108 cm³/mol. The quantitative estimate of drug-likeness (QED) is 0.510. The largest absolute Gasteiger partial charge is 0.337 e. The second-order valence-electron chi connectivity index (χ2n) is 7.63. The molecule has 1 fully saturated rings. The van der Waals surface area contributed by atoms with E-state index in [1.165, 1.54) is 51.9 Å². The fourth-order valence-electron chi connectivity index (χ4n) is 3.67. The molecule has 1 aliphatic rings. The molecule has 2 aromatic heterocycles. The average Bonchev–Trinajstić information content (AvgIpc) is 3.46. The van der Waals surface area contributed by atoms with E-state index in [-0.39, 0.29) is 23.5 Å². The molecule has 0 atom stereocenters. The number of halogens is 2. The number of hydrogen-bond acceptors (Lipinski definition) is 3. The Kier molecular flexibility index (Phi) is 4.34. The monoisotopic (exact) mass is 408 g/mol. The lowest BCUT2D eigenvalue weighted by Gasteiger charge is -2.12. The molecule has 0 N–H and O–H groups in total. The minimum absolute atomic E-state index is 0.194. The first-order valence-corrected chi connectivity index (χ1v) is 9.72. The Morgan fingerprint density at radius 2 is 1.77 bits per heavy atom. The normalized spacial score (nSPS) is 13.8. The van der Waals surface area contributed by atoms with Crippen molar-refractivity contribution >= 4 is 11.2 Å². The van der Waals surface area contributed by atoms with Gasteiger partial charge in [0.05, 0.1) is 12.0 Å². The molecule has 0 unspecified atom stereocenters. The lowest BCUT2D eigenvalue weighted by atomic mass is 10.2. The minimum atomic E-state index is -0.498. The Bertz CT molecular complexity index is 1360. The van der Waals surface area contributed by atoms with Gasteiger partial charge in [-0.25, -0.2) is 23.1 Å². The molecule has 30 heavy (non-hydrogen) atoms. The Morgan fingerprint density at radius 3 is 2.47 bits per heavy atom. The van der Waals surface area contributed by atoms with E-state index >= 15 is 0 Å². The van der Waals surface area contributed by atoms with Crippen LogP contribution in [0, 0.1) is 17.6 Å². The molecule has 2 aromatic carbocycles. The van der Waals surface area contributed by atoms with Crippen LogP contribution in [0.25, 0.3) is 16.9 Å². The molecule has 4 aromatic rings. The Labute approximate surface area is 169 Å². The molecule has 1 saturated carbocycles. The van der Waals surface area contributed by atoms with Crippen LogP contribution < -0.4 is 11.2 Å². The zero-order valence-electron chi connectivity index (χ0n) is 16.0. The smallest absolute Gasteiger partial charge is 0.320 e. The van der Waals surface area contributed by atoms with Crippen molar-refractivity contribution in [1.29, 1.82) is 0 Å². The summed E-state index contributed by atoms with van der Waals surface area (Å²) in [7, 11) is 0. The topological polar surface area (TPSA) is 61.8 Å². The maximum Gasteiger partial charge on any atom is 0.337 e. The van der Waals surface area contributed by atoms with Crippen molar-refractivity contribution in [3.63, 3.8) is 0 Å². The summed E-state index contributed by atoms with van der Waals surface area (Å²) in [4.78, 5) is 30.8. The molecule has 1 aliphatic carbocycles. The molecule has 5 rings (SSSR count). The summed E-state index contributed by atoms with van der Waals surface area (Å²) >= 11 is 0. The summed E-state index contributed by atoms with van der Waals surface area (Å²) in [6.07, 6.45) is 3.42. The van der Waals surface area contributed by atoms with Crippen molar-refractivity contribution in [2.24, 2.45) is 5.92 Å². The molecule has 2 heterocycles. The number of fused-ring (bicyclic) bond motifs is 1. The van der Waals surface area contributed by atoms with Crippen LogP contribution in [-0.2, 0) is 13.1 Å². The number of nitrogens with zero attached hydrogens (tertiary/aromatic N) is 4. The highest BCUT2D eigenvalue weighted by atomic mass is 19.1. The van der Waals surface area contributed by atoms with Crippen molar-refractivity contribution in [2.45, 2.75) is 25.9 Å². The fraction of sp³-hybridized carbons (Fsp3) is 0.227. The van der Waals surface area contributed by atoms with E-state index in [9.17, 15) is 18.4 Å². The van der Waals surface area contributed by atoms with Gasteiger partial charge in [0, 0.05) is 13.1 Å². The highest BCUT2D eigenvalue weighted by Crippen LogP contribution is 2.30. The number of rotatable bonds is 5. The van der Waals surface area contributed by atoms with Crippen molar-refractivity contribution in [3.8, 4) is 5.69 Å². The maximum atomic E-state index is 13.6. The summed E-state index contributed by atoms with van der Waals surface area (Å²) in [5.41, 5.74) is 0.619. The average molecular weight is 408 g/mol. The standard InChI is InChI=1S/C22H18F2N4O2/c23-16-6-8-18(9-7-16)28-20-19(21(29)27(22(28)30)12-14-4-5-14)26(13-25-20)11-15-2-1-3-17(24)10-15/h1-3,6-10,13-14H,4-5,11-12H2. The Hall–Kier alpha value is -3.55. The Morgan fingerprint density at radius 1 is 1.00 bits per heavy atom. The zero-order valence-corrected chi connectivity index (χ0v) is 16.0. The maximum absolute atomic E-state index is 13.6. The number of imidazole rings is 1. The van der Waals surface area contributed by atoms with Gasteiger partial charge in [-0.15, -0.1) is 0 Å². The van der Waals surface area contributed by atoms with Gasteiger partial charge in [-0.05, 0) is 60.7 Å². The third kappa shape index (κ3) is 3.24. The second-order valence-corrected chi connectivity index (χ2v) is 7.63. The van der Waals surface area contributed by atoms with E-state index in [1.54, 1.807) is 16.7 Å². The second kappa shape index (κ2) is 7.05. The van der Waals surface area contributed by atoms with E-state index in [0.29, 0.717) is 23.7 Å². The van der Waals surface area contributed by atoms with Gasteiger partial charge in [-0.2, -0.15) is 0 Å². The van der Waals surface area contributed by atoms with Crippen LogP contribution in [0.5, 0.6) is 0 Å². The van der Waals surface area contributed by atoms with Crippen molar-refractivity contribution in [3.05, 3.63) is 92.9 Å². The van der Waals surface area contributed by atoms with Crippen LogP contribution in [0.1, 0.15) is 18.4 Å². The van der Waals surface area contributed by atoms with Crippen LogP contribution in [0.2, 0.25) is 0 Å². The molecule has 6 nitrogen and oxygen atoms in total. The van der Waals surface area contributed by atoms with E-state index in [1.807, 2.05) is 0 Å². The van der Waals surface area contributed by atoms with Crippen molar-refractivity contribution in [1.82, 2.24) is 18.7 Å². The molecular weight excluding hydrogens is 390 g/mol. The Balaban J connectivity index is 1.74. The van der Waals surface area contributed by atoms with E-state index < -0.39 is 17.1 Å². The van der Waals surface area contributed by atoms with Gasteiger partial charge in [0.25, 0.3) is 5.56 Å². The van der Waals surface area contributed by atoms with Crippen LogP contribution >= 0.6 is 0 Å². The van der Waals surface area contributed by atoms with Gasteiger partial charge in [-0.1, -0.05) is 12.1 Å². The molecule has 0 radical (unpaired) electrons. The van der Waals surface area contributed by atoms with Gasteiger partial charge < -0.3 is 4.57 Å². The summed E-state index contributed by atoms with van der Waals surface area (Å²) < 4.78 is 31.2. The zero-order chi connectivity index (χ0) is 20.8. The summed E-state index contributed by atoms with van der Waals surface area (Å²) in [6, 6.07) is 11.6. The van der Waals surface area contributed by atoms with Gasteiger partial charge in [0.1, 0.15) is 11.6 Å². The van der Waals surface area contributed by atoms with Crippen LogP contribution in [0.4, 0.5) is 8.78 Å². The van der Waals surface area contributed by atoms with E-state index in [4.69, 9.17) is 0 Å². The lowest BCUT2D eigenvalue weighted by Crippen LogP contribution is -2.40. The molecule has 152 valence electrons. The number of benzene rings is 2. The first kappa shape index (κ1) is 18.5. The summed E-state index contributed by atoms with van der Waals surface area (Å²) in [5, 5.41) is 0. The molecule has 0 aliphatic heterocycles. The summed E-state index contributed by atoms with van der Waals surface area (Å²) in [5.74, 6) is -0.494. The molecular formula is C22H18F2N4O2. The summed E-state index contributed by atoms with van der Waals surface area (Å²) in [6.45, 7) is 0.564. The minimum Gasteiger partial charge on any atom is -0.320 e. The highest BCUT2D eigenvalue weighted by molar-refractivity contribution is 5.72. The van der Waals surface area contributed by atoms with Gasteiger partial charge in [0.15, 0.2) is 11.2 Å². The molecule has 0 amide bonds. The van der Waals surface area contributed by atoms with Crippen LogP contribution in [-0.4, -0.2) is 18.7 Å². The number of aromatic nitrogens is 4. The fourth-order valence-corrected chi connectivity index (χ4v) is 3.67. The SMILES string of the molecule is O=c1c2c(ncn2Cc2cccc(F)c2)n(-c2ccc(F)cc2)c(=O)n1CC1CC1. The number of hydrogen-bond donors (Lipinski definition) is 0. The lowest BCUT2D eigenvalue weighted by molar-refractivity contribution is 0.567. The van der Waals surface area contributed by atoms with Gasteiger partial charge >= 0.3 is 5.69 Å².